The molecule has 94 valence electrons. The Morgan fingerprint density at radius 2 is 2.16 bits per heavy atom. The molecule has 0 fully saturated rings. The lowest BCUT2D eigenvalue weighted by molar-refractivity contribution is 0.623. The fourth-order valence-corrected chi connectivity index (χ4v) is 1.97. The zero-order chi connectivity index (χ0) is 13.8. The molecule has 2 aromatic rings. The second kappa shape index (κ2) is 5.63. The van der Waals surface area contributed by atoms with Crippen LogP contribution in [0.3, 0.4) is 0 Å². The largest absolute Gasteiger partial charge is 0.397 e. The van der Waals surface area contributed by atoms with Crippen LogP contribution in [0.2, 0.25) is 0 Å². The number of benzene rings is 1. The Kier molecular flexibility index (Phi) is 3.93. The Morgan fingerprint density at radius 1 is 1.37 bits per heavy atom. The highest BCUT2D eigenvalue weighted by Crippen LogP contribution is 2.25. The lowest BCUT2D eigenvalue weighted by Gasteiger charge is -2.07. The van der Waals surface area contributed by atoms with E-state index in [4.69, 9.17) is 5.73 Å². The number of hydrogen-bond donors (Lipinski definition) is 1. The molecular weight excluding hydrogens is 309 g/mol. The quantitative estimate of drug-likeness (QED) is 0.864. The molecule has 5 heteroatoms. The van der Waals surface area contributed by atoms with Gasteiger partial charge >= 0.3 is 0 Å². The van der Waals surface area contributed by atoms with Crippen molar-refractivity contribution in [1.29, 1.82) is 5.26 Å². The van der Waals surface area contributed by atoms with E-state index in [0.29, 0.717) is 10.0 Å². The Morgan fingerprint density at radius 3 is 2.74 bits per heavy atom. The van der Waals surface area contributed by atoms with Gasteiger partial charge in [-0.3, -0.25) is 4.98 Å². The van der Waals surface area contributed by atoms with E-state index in [9.17, 15) is 9.65 Å². The first-order valence-corrected chi connectivity index (χ1v) is 6.18. The molecule has 2 N–H and O–H groups in total. The van der Waals surface area contributed by atoms with Crippen LogP contribution in [0.4, 0.5) is 4.39 Å². The summed E-state index contributed by atoms with van der Waals surface area (Å²) in [7, 11) is 0. The predicted molar refractivity (Wildman–Crippen MR) is 75.0 cm³/mol. The van der Waals surface area contributed by atoms with Crippen molar-refractivity contribution in [2.75, 3.05) is 0 Å². The zero-order valence-corrected chi connectivity index (χ0v) is 11.4. The van der Waals surface area contributed by atoms with Gasteiger partial charge < -0.3 is 5.73 Å². The standard InChI is InChI=1S/C14H9BrFN3/c15-10-3-4-11(13(16)6-10)14(18)12(7-17)9-2-1-5-19-8-9/h1-6,8H,18H2/b14-12-. The number of nitriles is 1. The molecule has 0 aliphatic rings. The van der Waals surface area contributed by atoms with Crippen LogP contribution in [0.25, 0.3) is 11.3 Å². The van der Waals surface area contributed by atoms with Gasteiger partial charge in [0.15, 0.2) is 0 Å². The van der Waals surface area contributed by atoms with E-state index < -0.39 is 5.82 Å². The van der Waals surface area contributed by atoms with E-state index in [2.05, 4.69) is 20.9 Å². The van der Waals surface area contributed by atoms with Crippen molar-refractivity contribution in [2.24, 2.45) is 5.73 Å². The first-order valence-electron chi connectivity index (χ1n) is 5.39. The number of allylic oxidation sites excluding steroid dienone is 1. The molecule has 3 nitrogen and oxygen atoms in total. The molecule has 1 aromatic carbocycles. The summed E-state index contributed by atoms with van der Waals surface area (Å²) in [6, 6.07) is 9.90. The molecule has 2 rings (SSSR count). The summed E-state index contributed by atoms with van der Waals surface area (Å²) < 4.78 is 14.5. The third-order valence-electron chi connectivity index (χ3n) is 2.55. The minimum absolute atomic E-state index is 0.0977. The van der Waals surface area contributed by atoms with Crippen LogP contribution in [0.5, 0.6) is 0 Å². The highest BCUT2D eigenvalue weighted by molar-refractivity contribution is 9.10. The molecule has 0 radical (unpaired) electrons. The van der Waals surface area contributed by atoms with E-state index in [1.165, 1.54) is 18.3 Å². The number of aromatic nitrogens is 1. The lowest BCUT2D eigenvalue weighted by atomic mass is 10.0. The van der Waals surface area contributed by atoms with Crippen LogP contribution in [0, 0.1) is 17.1 Å². The summed E-state index contributed by atoms with van der Waals surface area (Å²) in [6.45, 7) is 0. The Labute approximate surface area is 118 Å². The lowest BCUT2D eigenvalue weighted by Crippen LogP contribution is -2.03. The zero-order valence-electron chi connectivity index (χ0n) is 9.77. The summed E-state index contributed by atoms with van der Waals surface area (Å²) in [6.07, 6.45) is 3.11. The van der Waals surface area contributed by atoms with E-state index in [-0.39, 0.29) is 16.8 Å². The maximum absolute atomic E-state index is 13.8. The molecule has 0 atom stereocenters. The number of rotatable bonds is 2. The average molecular weight is 318 g/mol. The van der Waals surface area contributed by atoms with Crippen molar-refractivity contribution >= 4 is 27.2 Å². The summed E-state index contributed by atoms with van der Waals surface area (Å²) in [5, 5.41) is 9.21. The minimum atomic E-state index is -0.483. The minimum Gasteiger partial charge on any atom is -0.397 e. The van der Waals surface area contributed by atoms with E-state index >= 15 is 0 Å². The molecule has 0 saturated carbocycles. The van der Waals surface area contributed by atoms with Gasteiger partial charge in [-0.1, -0.05) is 22.0 Å². The third-order valence-corrected chi connectivity index (χ3v) is 3.05. The first-order chi connectivity index (χ1) is 9.13. The Hall–Kier alpha value is -2.19. The molecule has 0 spiro atoms. The van der Waals surface area contributed by atoms with Crippen molar-refractivity contribution in [2.45, 2.75) is 0 Å². The van der Waals surface area contributed by atoms with Crippen molar-refractivity contribution < 1.29 is 4.39 Å². The highest BCUT2D eigenvalue weighted by atomic mass is 79.9. The molecule has 0 aliphatic heterocycles. The summed E-state index contributed by atoms with van der Waals surface area (Å²) in [5.74, 6) is -0.483. The second-order valence-electron chi connectivity index (χ2n) is 3.77. The fourth-order valence-electron chi connectivity index (χ4n) is 1.63. The molecule has 0 aliphatic carbocycles. The monoisotopic (exact) mass is 317 g/mol. The number of hydrogen-bond acceptors (Lipinski definition) is 3. The first kappa shape index (κ1) is 13.2. The van der Waals surface area contributed by atoms with E-state index in [1.54, 1.807) is 24.4 Å². The van der Waals surface area contributed by atoms with Crippen LogP contribution in [-0.4, -0.2) is 4.98 Å². The van der Waals surface area contributed by atoms with Gasteiger partial charge in [0.2, 0.25) is 0 Å². The van der Waals surface area contributed by atoms with Gasteiger partial charge in [0, 0.05) is 28.0 Å². The van der Waals surface area contributed by atoms with Gasteiger partial charge in [-0.15, -0.1) is 0 Å². The molecule has 0 amide bonds. The predicted octanol–water partition coefficient (Wildman–Crippen LogP) is 3.33. The van der Waals surface area contributed by atoms with Crippen molar-refractivity contribution in [1.82, 2.24) is 4.98 Å². The Bertz CT molecular complexity index is 675. The van der Waals surface area contributed by atoms with Gasteiger partial charge in [-0.25, -0.2) is 4.39 Å². The Balaban J connectivity index is 2.59. The van der Waals surface area contributed by atoms with E-state index in [1.807, 2.05) is 6.07 Å². The van der Waals surface area contributed by atoms with Crippen LogP contribution < -0.4 is 5.73 Å². The summed E-state index contributed by atoms with van der Waals surface area (Å²) in [5.41, 5.74) is 6.97. The van der Waals surface area contributed by atoms with Gasteiger partial charge in [0.25, 0.3) is 0 Å². The number of nitrogens with zero attached hydrogens (tertiary/aromatic N) is 2. The number of pyridine rings is 1. The normalized spacial score (nSPS) is 11.6. The van der Waals surface area contributed by atoms with Crippen molar-refractivity contribution in [3.05, 3.63) is 64.1 Å². The maximum Gasteiger partial charge on any atom is 0.133 e. The van der Waals surface area contributed by atoms with Crippen LogP contribution in [0.1, 0.15) is 11.1 Å². The van der Waals surface area contributed by atoms with Gasteiger partial charge in [0.05, 0.1) is 11.3 Å². The molecule has 1 aromatic heterocycles. The van der Waals surface area contributed by atoms with Crippen LogP contribution in [-0.2, 0) is 0 Å². The molecular formula is C14H9BrFN3. The smallest absolute Gasteiger partial charge is 0.133 e. The average Bonchev–Trinajstić information content (AvgIpc) is 2.40. The highest BCUT2D eigenvalue weighted by Gasteiger charge is 2.12. The van der Waals surface area contributed by atoms with Crippen molar-refractivity contribution in [3.63, 3.8) is 0 Å². The molecule has 0 saturated heterocycles. The van der Waals surface area contributed by atoms with Crippen LogP contribution in [0.15, 0.2) is 47.2 Å². The SMILES string of the molecule is N#C/C(=C(/N)c1ccc(Br)cc1F)c1cccnc1. The van der Waals surface area contributed by atoms with E-state index in [0.717, 1.165) is 0 Å². The fraction of sp³-hybridized carbons (Fsp3) is 0. The maximum atomic E-state index is 13.8. The third kappa shape index (κ3) is 2.80. The topological polar surface area (TPSA) is 62.7 Å². The van der Waals surface area contributed by atoms with Crippen LogP contribution >= 0.6 is 15.9 Å². The second-order valence-corrected chi connectivity index (χ2v) is 4.68. The molecule has 19 heavy (non-hydrogen) atoms. The van der Waals surface area contributed by atoms with Crippen molar-refractivity contribution in [3.8, 4) is 6.07 Å². The van der Waals surface area contributed by atoms with Gasteiger partial charge in [-0.2, -0.15) is 5.26 Å². The molecule has 1 heterocycles. The summed E-state index contributed by atoms with van der Waals surface area (Å²) >= 11 is 3.17. The molecule has 0 unspecified atom stereocenters. The molecule has 0 bridgehead atoms. The number of nitrogens with two attached hydrogens (primary N) is 1. The summed E-state index contributed by atoms with van der Waals surface area (Å²) in [4.78, 5) is 3.92. The van der Waals surface area contributed by atoms with Gasteiger partial charge in [0.1, 0.15) is 11.9 Å². The number of halogens is 2. The van der Waals surface area contributed by atoms with Gasteiger partial charge in [-0.05, 0) is 24.3 Å².